The third-order valence-corrected chi connectivity index (χ3v) is 3.40. The fraction of sp³-hybridized carbons (Fsp3) is 0.571. The number of nitrogens with one attached hydrogen (secondary N) is 1. The number of rotatable bonds is 5. The maximum Gasteiger partial charge on any atom is 0.119 e. The molecule has 2 N–H and O–H groups in total. The Morgan fingerprint density at radius 2 is 1.94 bits per heavy atom. The standard InChI is InChI=1S/C14H22N2O2/c1-18-14-4-2-12(3-5-14)15-8-11-16-9-6-13(17)7-10-16/h2-5,13,15,17H,6-11H2,1H3. The van der Waals surface area contributed by atoms with E-state index in [4.69, 9.17) is 4.74 Å². The van der Waals surface area contributed by atoms with E-state index in [0.29, 0.717) is 0 Å². The van der Waals surface area contributed by atoms with Crippen molar-refractivity contribution < 1.29 is 9.84 Å². The zero-order valence-electron chi connectivity index (χ0n) is 10.9. The molecule has 0 aliphatic carbocycles. The van der Waals surface area contributed by atoms with Crippen LogP contribution >= 0.6 is 0 Å². The Balaban J connectivity index is 1.68. The number of hydrogen-bond donors (Lipinski definition) is 2. The first kappa shape index (κ1) is 13.2. The largest absolute Gasteiger partial charge is 0.497 e. The van der Waals surface area contributed by atoms with Gasteiger partial charge in [-0.3, -0.25) is 0 Å². The number of aliphatic hydroxyl groups is 1. The topological polar surface area (TPSA) is 44.7 Å². The molecule has 0 saturated carbocycles. The van der Waals surface area contributed by atoms with Gasteiger partial charge in [0.15, 0.2) is 0 Å². The highest BCUT2D eigenvalue weighted by Gasteiger charge is 2.15. The molecule has 0 aromatic heterocycles. The normalized spacial score (nSPS) is 17.7. The fourth-order valence-electron chi connectivity index (χ4n) is 2.21. The van der Waals surface area contributed by atoms with Crippen LogP contribution in [0.2, 0.25) is 0 Å². The molecule has 0 bridgehead atoms. The molecule has 1 aliphatic heterocycles. The van der Waals surface area contributed by atoms with Crippen molar-refractivity contribution in [3.8, 4) is 5.75 Å². The molecular formula is C14H22N2O2. The van der Waals surface area contributed by atoms with Crippen molar-refractivity contribution >= 4 is 5.69 Å². The predicted octanol–water partition coefficient (Wildman–Crippen LogP) is 1.56. The number of ether oxygens (including phenoxy) is 1. The van der Waals surface area contributed by atoms with Crippen LogP contribution in [0.4, 0.5) is 5.69 Å². The second kappa shape index (κ2) is 6.61. The number of aliphatic hydroxyl groups excluding tert-OH is 1. The van der Waals surface area contributed by atoms with Gasteiger partial charge in [-0.25, -0.2) is 0 Å². The molecule has 0 radical (unpaired) electrons. The highest BCUT2D eigenvalue weighted by Crippen LogP contribution is 2.15. The molecule has 1 aromatic rings. The van der Waals surface area contributed by atoms with Crippen LogP contribution in [0.1, 0.15) is 12.8 Å². The number of nitrogens with zero attached hydrogens (tertiary/aromatic N) is 1. The van der Waals surface area contributed by atoms with Gasteiger partial charge in [0.2, 0.25) is 0 Å². The van der Waals surface area contributed by atoms with Crippen molar-refractivity contribution in [1.29, 1.82) is 0 Å². The average Bonchev–Trinajstić information content (AvgIpc) is 2.42. The third kappa shape index (κ3) is 3.89. The summed E-state index contributed by atoms with van der Waals surface area (Å²) in [6, 6.07) is 7.97. The molecule has 0 unspecified atom stereocenters. The molecule has 2 rings (SSSR count). The molecule has 0 amide bonds. The first-order valence-corrected chi connectivity index (χ1v) is 6.56. The van der Waals surface area contributed by atoms with Crippen molar-refractivity contribution in [2.75, 3.05) is 38.6 Å². The summed E-state index contributed by atoms with van der Waals surface area (Å²) in [7, 11) is 1.67. The maximum absolute atomic E-state index is 9.43. The van der Waals surface area contributed by atoms with E-state index < -0.39 is 0 Å². The lowest BCUT2D eigenvalue weighted by Crippen LogP contribution is -2.38. The molecule has 1 saturated heterocycles. The lowest BCUT2D eigenvalue weighted by molar-refractivity contribution is 0.0845. The van der Waals surface area contributed by atoms with Crippen LogP contribution in [0.5, 0.6) is 5.75 Å². The minimum Gasteiger partial charge on any atom is -0.497 e. The van der Waals surface area contributed by atoms with Gasteiger partial charge in [-0.05, 0) is 37.1 Å². The summed E-state index contributed by atoms with van der Waals surface area (Å²) in [5.74, 6) is 0.880. The van der Waals surface area contributed by atoms with Gasteiger partial charge >= 0.3 is 0 Å². The zero-order valence-corrected chi connectivity index (χ0v) is 10.9. The lowest BCUT2D eigenvalue weighted by Gasteiger charge is -2.29. The minimum atomic E-state index is -0.0872. The van der Waals surface area contributed by atoms with Crippen LogP contribution in [-0.4, -0.2) is 49.4 Å². The van der Waals surface area contributed by atoms with E-state index in [-0.39, 0.29) is 6.10 Å². The van der Waals surface area contributed by atoms with Gasteiger partial charge in [-0.2, -0.15) is 0 Å². The zero-order chi connectivity index (χ0) is 12.8. The van der Waals surface area contributed by atoms with E-state index in [1.54, 1.807) is 7.11 Å². The number of methoxy groups -OCH3 is 1. The Morgan fingerprint density at radius 1 is 1.28 bits per heavy atom. The Hall–Kier alpha value is -1.26. The maximum atomic E-state index is 9.43. The van der Waals surface area contributed by atoms with Crippen LogP contribution in [0.3, 0.4) is 0 Å². The molecule has 18 heavy (non-hydrogen) atoms. The van der Waals surface area contributed by atoms with Crippen LogP contribution in [0.15, 0.2) is 24.3 Å². The molecule has 1 aromatic carbocycles. The number of benzene rings is 1. The van der Waals surface area contributed by atoms with Crippen LogP contribution in [0, 0.1) is 0 Å². The average molecular weight is 250 g/mol. The van der Waals surface area contributed by atoms with Gasteiger partial charge in [0.05, 0.1) is 13.2 Å². The van der Waals surface area contributed by atoms with Crippen molar-refractivity contribution in [1.82, 2.24) is 4.90 Å². The Labute approximate surface area is 109 Å². The monoisotopic (exact) mass is 250 g/mol. The van der Waals surface area contributed by atoms with Crippen molar-refractivity contribution in [3.05, 3.63) is 24.3 Å². The molecule has 1 heterocycles. The quantitative estimate of drug-likeness (QED) is 0.832. The second-order valence-electron chi connectivity index (χ2n) is 4.73. The van der Waals surface area contributed by atoms with Crippen molar-refractivity contribution in [2.45, 2.75) is 18.9 Å². The molecular weight excluding hydrogens is 228 g/mol. The molecule has 1 fully saturated rings. The highest BCUT2D eigenvalue weighted by atomic mass is 16.5. The SMILES string of the molecule is COc1ccc(NCCN2CCC(O)CC2)cc1. The summed E-state index contributed by atoms with van der Waals surface area (Å²) in [6.07, 6.45) is 1.72. The van der Waals surface area contributed by atoms with Gasteiger partial charge < -0.3 is 20.1 Å². The summed E-state index contributed by atoms with van der Waals surface area (Å²) in [4.78, 5) is 2.39. The first-order valence-electron chi connectivity index (χ1n) is 6.56. The van der Waals surface area contributed by atoms with Crippen LogP contribution < -0.4 is 10.1 Å². The number of likely N-dealkylation sites (tertiary alicyclic amines) is 1. The Morgan fingerprint density at radius 3 is 2.56 bits per heavy atom. The summed E-state index contributed by atoms with van der Waals surface area (Å²) >= 11 is 0. The van der Waals surface area contributed by atoms with Crippen molar-refractivity contribution in [3.63, 3.8) is 0 Å². The summed E-state index contributed by atoms with van der Waals surface area (Å²) < 4.78 is 5.12. The first-order chi connectivity index (χ1) is 8.78. The van der Waals surface area contributed by atoms with Gasteiger partial charge in [-0.1, -0.05) is 0 Å². The van der Waals surface area contributed by atoms with E-state index >= 15 is 0 Å². The number of hydrogen-bond acceptors (Lipinski definition) is 4. The molecule has 100 valence electrons. The molecule has 4 nitrogen and oxygen atoms in total. The second-order valence-corrected chi connectivity index (χ2v) is 4.73. The van der Waals surface area contributed by atoms with Gasteiger partial charge in [0.25, 0.3) is 0 Å². The fourth-order valence-corrected chi connectivity index (χ4v) is 2.21. The third-order valence-electron chi connectivity index (χ3n) is 3.40. The summed E-state index contributed by atoms with van der Waals surface area (Å²) in [5, 5.41) is 12.8. The van der Waals surface area contributed by atoms with Crippen molar-refractivity contribution in [2.24, 2.45) is 0 Å². The van der Waals surface area contributed by atoms with E-state index in [0.717, 1.165) is 50.5 Å². The number of anilines is 1. The van der Waals surface area contributed by atoms with E-state index in [1.165, 1.54) is 0 Å². The van der Waals surface area contributed by atoms with Crippen LogP contribution in [0.25, 0.3) is 0 Å². The van der Waals surface area contributed by atoms with Crippen LogP contribution in [-0.2, 0) is 0 Å². The van der Waals surface area contributed by atoms with Gasteiger partial charge in [-0.15, -0.1) is 0 Å². The lowest BCUT2D eigenvalue weighted by atomic mass is 10.1. The van der Waals surface area contributed by atoms with Gasteiger partial charge in [0, 0.05) is 31.9 Å². The van der Waals surface area contributed by atoms with E-state index in [2.05, 4.69) is 10.2 Å². The molecule has 0 atom stereocenters. The smallest absolute Gasteiger partial charge is 0.119 e. The Kier molecular flexibility index (Phi) is 4.84. The molecule has 1 aliphatic rings. The van der Waals surface area contributed by atoms with E-state index in [9.17, 15) is 5.11 Å². The predicted molar refractivity (Wildman–Crippen MR) is 73.2 cm³/mol. The van der Waals surface area contributed by atoms with E-state index in [1.807, 2.05) is 24.3 Å². The minimum absolute atomic E-state index is 0.0872. The molecule has 4 heteroatoms. The van der Waals surface area contributed by atoms with Gasteiger partial charge in [0.1, 0.15) is 5.75 Å². The summed E-state index contributed by atoms with van der Waals surface area (Å²) in [6.45, 7) is 3.97. The molecule has 0 spiro atoms. The Bertz CT molecular complexity index is 345. The summed E-state index contributed by atoms with van der Waals surface area (Å²) in [5.41, 5.74) is 1.12. The number of piperidine rings is 1. The highest BCUT2D eigenvalue weighted by molar-refractivity contribution is 5.46.